The lowest BCUT2D eigenvalue weighted by Gasteiger charge is -2.39. The summed E-state index contributed by atoms with van der Waals surface area (Å²) < 4.78 is 5.70. The number of aromatic nitrogens is 1. The first-order chi connectivity index (χ1) is 11.3. The Labute approximate surface area is 147 Å². The largest absolute Gasteiger partial charge is 0.431 e. The molecule has 2 heterocycles. The van der Waals surface area contributed by atoms with Gasteiger partial charge in [0.05, 0.1) is 5.75 Å². The van der Waals surface area contributed by atoms with Crippen molar-refractivity contribution < 1.29 is 9.21 Å². The van der Waals surface area contributed by atoms with Gasteiger partial charge in [0.2, 0.25) is 5.91 Å². The van der Waals surface area contributed by atoms with E-state index < -0.39 is 0 Å². The van der Waals surface area contributed by atoms with E-state index in [1.807, 2.05) is 24.3 Å². The minimum Gasteiger partial charge on any atom is -0.431 e. The van der Waals surface area contributed by atoms with Crippen molar-refractivity contribution in [2.45, 2.75) is 51.3 Å². The summed E-state index contributed by atoms with van der Waals surface area (Å²) in [4.78, 5) is 19.3. The highest BCUT2D eigenvalue weighted by Gasteiger charge is 2.50. The molecule has 0 N–H and O–H groups in total. The highest BCUT2D eigenvalue weighted by atomic mass is 32.2. The third-order valence-electron chi connectivity index (χ3n) is 5.33. The van der Waals surface area contributed by atoms with E-state index in [0.29, 0.717) is 22.4 Å². The predicted octanol–water partition coefficient (Wildman–Crippen LogP) is 4.35. The van der Waals surface area contributed by atoms with Crippen molar-refractivity contribution >= 4 is 28.8 Å². The molecule has 2 aromatic rings. The molecule has 2 atom stereocenters. The number of para-hydroxylation sites is 2. The number of thioether (sulfide) groups is 1. The normalized spacial score (nSPS) is 28.5. The summed E-state index contributed by atoms with van der Waals surface area (Å²) in [6.45, 7) is 7.90. The number of oxazole rings is 1. The summed E-state index contributed by atoms with van der Waals surface area (Å²) in [5.74, 6) is 0.619. The Balaban J connectivity index is 1.43. The van der Waals surface area contributed by atoms with Gasteiger partial charge in [0, 0.05) is 12.6 Å². The van der Waals surface area contributed by atoms with Crippen LogP contribution in [-0.2, 0) is 4.79 Å². The maximum Gasteiger partial charge on any atom is 0.257 e. The monoisotopic (exact) mass is 344 g/mol. The highest BCUT2D eigenvalue weighted by molar-refractivity contribution is 7.99. The zero-order chi connectivity index (χ0) is 16.9. The predicted molar refractivity (Wildman–Crippen MR) is 96.0 cm³/mol. The number of nitrogens with zero attached hydrogens (tertiary/aromatic N) is 2. The summed E-state index contributed by atoms with van der Waals surface area (Å²) in [6, 6.07) is 8.10. The maximum absolute atomic E-state index is 12.8. The topological polar surface area (TPSA) is 46.3 Å². The molecular weight excluding hydrogens is 320 g/mol. The molecule has 1 aliphatic heterocycles. The smallest absolute Gasteiger partial charge is 0.257 e. The van der Waals surface area contributed by atoms with Gasteiger partial charge in [0.15, 0.2) is 5.58 Å². The molecule has 2 fully saturated rings. The van der Waals surface area contributed by atoms with Crippen LogP contribution in [0.3, 0.4) is 0 Å². The van der Waals surface area contributed by atoms with Crippen LogP contribution in [0.1, 0.15) is 40.0 Å². The molecule has 1 aromatic carbocycles. The van der Waals surface area contributed by atoms with E-state index in [0.717, 1.165) is 30.5 Å². The summed E-state index contributed by atoms with van der Waals surface area (Å²) in [6.07, 6.45) is 3.47. The molecule has 1 saturated carbocycles. The molecule has 1 aromatic heterocycles. The van der Waals surface area contributed by atoms with Gasteiger partial charge < -0.3 is 9.32 Å². The second kappa shape index (κ2) is 5.51. The average molecular weight is 344 g/mol. The Morgan fingerprint density at radius 2 is 2.12 bits per heavy atom. The molecule has 1 saturated heterocycles. The Bertz CT molecular complexity index is 752. The van der Waals surface area contributed by atoms with Crippen molar-refractivity contribution in [3.05, 3.63) is 24.3 Å². The van der Waals surface area contributed by atoms with Crippen molar-refractivity contribution in [2.75, 3.05) is 12.3 Å². The first-order valence-electron chi connectivity index (χ1n) is 8.62. The number of amides is 1. The van der Waals surface area contributed by atoms with Crippen molar-refractivity contribution in [1.82, 2.24) is 9.88 Å². The van der Waals surface area contributed by atoms with E-state index in [4.69, 9.17) is 4.42 Å². The third kappa shape index (κ3) is 2.94. The molecule has 0 spiro atoms. The zero-order valence-electron chi connectivity index (χ0n) is 14.5. The number of hydrogen-bond acceptors (Lipinski definition) is 4. The first-order valence-corrected chi connectivity index (χ1v) is 9.60. The van der Waals surface area contributed by atoms with Crippen molar-refractivity contribution in [3.63, 3.8) is 0 Å². The van der Waals surface area contributed by atoms with Crippen LogP contribution >= 0.6 is 11.8 Å². The van der Waals surface area contributed by atoms with E-state index in [9.17, 15) is 4.79 Å². The van der Waals surface area contributed by atoms with Crippen molar-refractivity contribution in [2.24, 2.45) is 10.8 Å². The van der Waals surface area contributed by atoms with Gasteiger partial charge in [-0.25, -0.2) is 4.98 Å². The fourth-order valence-corrected chi connectivity index (χ4v) is 5.60. The van der Waals surface area contributed by atoms with Crippen LogP contribution in [0.4, 0.5) is 0 Å². The number of likely N-dealkylation sites (tertiary alicyclic amines) is 1. The summed E-state index contributed by atoms with van der Waals surface area (Å²) in [5, 5.41) is 0.582. The number of rotatable bonds is 3. The Morgan fingerprint density at radius 3 is 2.92 bits per heavy atom. The molecule has 4 rings (SSSR count). The zero-order valence-corrected chi connectivity index (χ0v) is 15.4. The lowest BCUT2D eigenvalue weighted by molar-refractivity contribution is -0.129. The molecule has 128 valence electrons. The molecular formula is C19H24N2O2S. The van der Waals surface area contributed by atoms with E-state index in [-0.39, 0.29) is 11.3 Å². The van der Waals surface area contributed by atoms with Crippen LogP contribution in [0.5, 0.6) is 0 Å². The molecule has 24 heavy (non-hydrogen) atoms. The summed E-state index contributed by atoms with van der Waals surface area (Å²) >= 11 is 1.41. The van der Waals surface area contributed by atoms with Gasteiger partial charge in [-0.15, -0.1) is 0 Å². The van der Waals surface area contributed by atoms with E-state index in [2.05, 4.69) is 30.7 Å². The third-order valence-corrected chi connectivity index (χ3v) is 6.14. The lowest BCUT2D eigenvalue weighted by Crippen LogP contribution is -2.38. The van der Waals surface area contributed by atoms with Crippen molar-refractivity contribution in [3.8, 4) is 0 Å². The van der Waals surface area contributed by atoms with Crippen LogP contribution in [0, 0.1) is 10.8 Å². The molecule has 0 radical (unpaired) electrons. The fourth-order valence-electron chi connectivity index (χ4n) is 4.87. The summed E-state index contributed by atoms with van der Waals surface area (Å²) in [7, 11) is 0. The molecule has 2 aliphatic rings. The minimum absolute atomic E-state index is 0.216. The van der Waals surface area contributed by atoms with E-state index in [1.54, 1.807) is 0 Å². The van der Waals surface area contributed by atoms with E-state index in [1.165, 1.54) is 18.2 Å². The van der Waals surface area contributed by atoms with Gasteiger partial charge >= 0.3 is 0 Å². The number of carbonyl (C=O) groups is 1. The van der Waals surface area contributed by atoms with Gasteiger partial charge in [-0.3, -0.25) is 4.79 Å². The first kappa shape index (κ1) is 16.0. The molecule has 5 heteroatoms. The number of carbonyl (C=O) groups excluding carboxylic acids is 1. The van der Waals surface area contributed by atoms with Crippen LogP contribution in [-0.4, -0.2) is 34.1 Å². The van der Waals surface area contributed by atoms with Crippen LogP contribution in [0.25, 0.3) is 11.1 Å². The quantitative estimate of drug-likeness (QED) is 0.777. The molecule has 2 bridgehead atoms. The number of hydrogen-bond donors (Lipinski definition) is 0. The lowest BCUT2D eigenvalue weighted by atomic mass is 9.65. The highest BCUT2D eigenvalue weighted by Crippen LogP contribution is 2.52. The number of fused-ring (bicyclic) bond motifs is 3. The second-order valence-corrected chi connectivity index (χ2v) is 9.40. The standard InChI is InChI=1S/C19H24N2O2S/c1-18(2)8-13-9-19(3,11-18)12-21(13)16(22)10-24-17-20-14-6-4-5-7-15(14)23-17/h4-7,13H,8-12H2,1-3H3/t13-,19-/m1/s1. The van der Waals surface area contributed by atoms with Crippen LogP contribution < -0.4 is 0 Å². The van der Waals surface area contributed by atoms with Gasteiger partial charge in [-0.05, 0) is 42.2 Å². The maximum atomic E-state index is 12.8. The Hall–Kier alpha value is -1.49. The van der Waals surface area contributed by atoms with Gasteiger partial charge in [-0.2, -0.15) is 0 Å². The second-order valence-electron chi connectivity index (χ2n) is 8.47. The average Bonchev–Trinajstić information content (AvgIpc) is 3.01. The molecule has 4 nitrogen and oxygen atoms in total. The minimum atomic E-state index is 0.216. The molecule has 0 unspecified atom stereocenters. The Kier molecular flexibility index (Phi) is 3.68. The van der Waals surface area contributed by atoms with Gasteiger partial charge in [-0.1, -0.05) is 44.7 Å². The van der Waals surface area contributed by atoms with E-state index >= 15 is 0 Å². The fraction of sp³-hybridized carbons (Fsp3) is 0.579. The molecule has 1 aliphatic carbocycles. The van der Waals surface area contributed by atoms with Crippen molar-refractivity contribution in [1.29, 1.82) is 0 Å². The van der Waals surface area contributed by atoms with Crippen LogP contribution in [0.2, 0.25) is 0 Å². The van der Waals surface area contributed by atoms with Gasteiger partial charge in [0.25, 0.3) is 5.22 Å². The summed E-state index contributed by atoms with van der Waals surface area (Å²) in [5.41, 5.74) is 2.24. The number of benzene rings is 1. The van der Waals surface area contributed by atoms with Crippen LogP contribution in [0.15, 0.2) is 33.9 Å². The molecule has 1 amide bonds. The van der Waals surface area contributed by atoms with Gasteiger partial charge in [0.1, 0.15) is 5.52 Å². The Morgan fingerprint density at radius 1 is 1.33 bits per heavy atom. The SMILES string of the molecule is CC1(C)C[C@@H]2C[C@@](C)(CN2C(=O)CSc2nc3ccccc3o2)C1.